The second-order valence-corrected chi connectivity index (χ2v) is 6.36. The van der Waals surface area contributed by atoms with Gasteiger partial charge in [-0.2, -0.15) is 0 Å². The van der Waals surface area contributed by atoms with E-state index in [0.717, 1.165) is 19.4 Å². The first-order valence-electron chi connectivity index (χ1n) is 8.40. The number of ether oxygens (including phenoxy) is 1. The maximum absolute atomic E-state index is 13.8. The highest BCUT2D eigenvalue weighted by molar-refractivity contribution is 5.82. The Morgan fingerprint density at radius 3 is 2.88 bits per heavy atom. The lowest BCUT2D eigenvalue weighted by molar-refractivity contribution is -0.127. The highest BCUT2D eigenvalue weighted by atomic mass is 19.1. The minimum absolute atomic E-state index is 0.00943. The number of hydrogen-bond acceptors (Lipinski definition) is 4. The SMILES string of the molecule is O=C(N[C@@H]1CCCN(Cc2c(F)cccc2F)C1)[C@H]1COCCN1. The lowest BCUT2D eigenvalue weighted by Gasteiger charge is -2.34. The molecule has 0 saturated carbocycles. The molecule has 1 aromatic rings. The van der Waals surface area contributed by atoms with Crippen molar-refractivity contribution in [1.82, 2.24) is 15.5 Å². The molecule has 1 aromatic carbocycles. The molecule has 5 nitrogen and oxygen atoms in total. The van der Waals surface area contributed by atoms with Crippen LogP contribution >= 0.6 is 0 Å². The van der Waals surface area contributed by atoms with E-state index in [-0.39, 0.29) is 30.1 Å². The number of rotatable bonds is 4. The molecule has 0 bridgehead atoms. The number of halogens is 2. The number of nitrogens with zero attached hydrogens (tertiary/aromatic N) is 1. The number of morpholine rings is 1. The summed E-state index contributed by atoms with van der Waals surface area (Å²) in [6.45, 7) is 3.24. The average Bonchev–Trinajstić information content (AvgIpc) is 2.59. The number of piperidine rings is 1. The quantitative estimate of drug-likeness (QED) is 0.861. The van der Waals surface area contributed by atoms with Gasteiger partial charge in [-0.1, -0.05) is 6.07 Å². The van der Waals surface area contributed by atoms with Crippen LogP contribution in [0, 0.1) is 11.6 Å². The van der Waals surface area contributed by atoms with Crippen LogP contribution in [0.1, 0.15) is 18.4 Å². The first kappa shape index (κ1) is 17.3. The Hall–Kier alpha value is -1.57. The van der Waals surface area contributed by atoms with E-state index in [1.807, 2.05) is 4.90 Å². The molecule has 7 heteroatoms. The predicted molar refractivity (Wildman–Crippen MR) is 85.4 cm³/mol. The minimum Gasteiger partial charge on any atom is -0.378 e. The highest BCUT2D eigenvalue weighted by Gasteiger charge is 2.27. The van der Waals surface area contributed by atoms with Crippen LogP contribution in [0.3, 0.4) is 0 Å². The van der Waals surface area contributed by atoms with Gasteiger partial charge >= 0.3 is 0 Å². The molecule has 3 rings (SSSR count). The standard InChI is InChI=1S/C17H23F2N3O2/c18-14-4-1-5-15(19)13(14)10-22-7-2-3-12(9-22)21-17(23)16-11-24-8-6-20-16/h1,4-5,12,16,20H,2-3,6-11H2,(H,21,23)/t12-,16-/m1/s1. The Labute approximate surface area is 140 Å². The van der Waals surface area contributed by atoms with Gasteiger partial charge in [-0.05, 0) is 31.5 Å². The van der Waals surface area contributed by atoms with E-state index in [4.69, 9.17) is 4.74 Å². The van der Waals surface area contributed by atoms with Gasteiger partial charge in [0.15, 0.2) is 0 Å². The van der Waals surface area contributed by atoms with E-state index < -0.39 is 11.6 Å². The van der Waals surface area contributed by atoms with Gasteiger partial charge in [-0.25, -0.2) is 8.78 Å². The van der Waals surface area contributed by atoms with Crippen molar-refractivity contribution in [3.8, 4) is 0 Å². The fourth-order valence-corrected chi connectivity index (χ4v) is 3.26. The Bertz CT molecular complexity index is 559. The smallest absolute Gasteiger partial charge is 0.239 e. The number of hydrogen-bond donors (Lipinski definition) is 2. The maximum Gasteiger partial charge on any atom is 0.239 e. The summed E-state index contributed by atoms with van der Waals surface area (Å²) in [5, 5.41) is 6.15. The summed E-state index contributed by atoms with van der Waals surface area (Å²) in [6.07, 6.45) is 1.76. The van der Waals surface area contributed by atoms with E-state index in [0.29, 0.717) is 26.3 Å². The van der Waals surface area contributed by atoms with Crippen molar-refractivity contribution in [2.75, 3.05) is 32.8 Å². The number of nitrogens with one attached hydrogen (secondary N) is 2. The molecule has 132 valence electrons. The average molecular weight is 339 g/mol. The van der Waals surface area contributed by atoms with Gasteiger partial charge in [0.2, 0.25) is 5.91 Å². The van der Waals surface area contributed by atoms with Crippen LogP contribution in [-0.4, -0.2) is 55.7 Å². The van der Waals surface area contributed by atoms with Crippen LogP contribution in [0.5, 0.6) is 0 Å². The molecule has 2 aliphatic heterocycles. The van der Waals surface area contributed by atoms with Gasteiger partial charge in [-0.15, -0.1) is 0 Å². The first-order valence-corrected chi connectivity index (χ1v) is 8.40. The van der Waals surface area contributed by atoms with Crippen molar-refractivity contribution in [2.24, 2.45) is 0 Å². The predicted octanol–water partition coefficient (Wildman–Crippen LogP) is 1.03. The molecule has 2 N–H and O–H groups in total. The van der Waals surface area contributed by atoms with Gasteiger partial charge in [0.1, 0.15) is 17.7 Å². The van der Waals surface area contributed by atoms with E-state index >= 15 is 0 Å². The third kappa shape index (κ3) is 4.28. The van der Waals surface area contributed by atoms with Crippen molar-refractivity contribution < 1.29 is 18.3 Å². The van der Waals surface area contributed by atoms with Crippen molar-refractivity contribution in [2.45, 2.75) is 31.5 Å². The van der Waals surface area contributed by atoms with Gasteiger partial charge in [-0.3, -0.25) is 9.69 Å². The Morgan fingerprint density at radius 2 is 2.17 bits per heavy atom. The van der Waals surface area contributed by atoms with Crippen LogP contribution in [0.25, 0.3) is 0 Å². The molecule has 24 heavy (non-hydrogen) atoms. The third-order valence-corrected chi connectivity index (χ3v) is 4.53. The largest absolute Gasteiger partial charge is 0.378 e. The molecule has 2 saturated heterocycles. The summed E-state index contributed by atoms with van der Waals surface area (Å²) >= 11 is 0. The fourth-order valence-electron chi connectivity index (χ4n) is 3.26. The van der Waals surface area contributed by atoms with Crippen molar-refractivity contribution in [3.63, 3.8) is 0 Å². The third-order valence-electron chi connectivity index (χ3n) is 4.53. The lowest BCUT2D eigenvalue weighted by Crippen LogP contribution is -2.56. The summed E-state index contributed by atoms with van der Waals surface area (Å²) in [5.41, 5.74) is 0.0897. The van der Waals surface area contributed by atoms with Crippen molar-refractivity contribution >= 4 is 5.91 Å². The summed E-state index contributed by atoms with van der Waals surface area (Å²) in [6, 6.07) is 3.59. The van der Waals surface area contributed by atoms with E-state index in [2.05, 4.69) is 10.6 Å². The summed E-state index contributed by atoms with van der Waals surface area (Å²) < 4.78 is 32.9. The van der Waals surface area contributed by atoms with Crippen LogP contribution in [0.4, 0.5) is 8.78 Å². The molecule has 2 atom stereocenters. The van der Waals surface area contributed by atoms with E-state index in [1.54, 1.807) is 0 Å². The topological polar surface area (TPSA) is 53.6 Å². The maximum atomic E-state index is 13.8. The molecule has 2 aliphatic rings. The molecule has 0 unspecified atom stereocenters. The van der Waals surface area contributed by atoms with Gasteiger partial charge < -0.3 is 15.4 Å². The second kappa shape index (κ2) is 8.00. The second-order valence-electron chi connectivity index (χ2n) is 6.36. The number of likely N-dealkylation sites (tertiary alicyclic amines) is 1. The summed E-state index contributed by atoms with van der Waals surface area (Å²) in [5.74, 6) is -1.12. The fraction of sp³-hybridized carbons (Fsp3) is 0.588. The normalized spacial score (nSPS) is 25.4. The molecule has 0 aliphatic carbocycles. The van der Waals surface area contributed by atoms with Crippen molar-refractivity contribution in [3.05, 3.63) is 35.4 Å². The van der Waals surface area contributed by atoms with Crippen LogP contribution in [0.15, 0.2) is 18.2 Å². The number of amides is 1. The van der Waals surface area contributed by atoms with Crippen LogP contribution in [-0.2, 0) is 16.1 Å². The van der Waals surface area contributed by atoms with Gasteiger partial charge in [0.05, 0.1) is 13.2 Å². The number of benzene rings is 1. The first-order chi connectivity index (χ1) is 11.6. The Kier molecular flexibility index (Phi) is 5.76. The lowest BCUT2D eigenvalue weighted by atomic mass is 10.0. The molecule has 1 amide bonds. The molecule has 0 aromatic heterocycles. The highest BCUT2D eigenvalue weighted by Crippen LogP contribution is 2.18. The number of carbonyl (C=O) groups excluding carboxylic acids is 1. The van der Waals surface area contributed by atoms with Crippen molar-refractivity contribution in [1.29, 1.82) is 0 Å². The molecular weight excluding hydrogens is 316 g/mol. The molecule has 0 radical (unpaired) electrons. The van der Waals surface area contributed by atoms with Gasteiger partial charge in [0.25, 0.3) is 0 Å². The zero-order valence-corrected chi connectivity index (χ0v) is 13.6. The zero-order chi connectivity index (χ0) is 16.9. The molecule has 0 spiro atoms. The molecule has 2 fully saturated rings. The monoisotopic (exact) mass is 339 g/mol. The minimum atomic E-state index is -0.523. The van der Waals surface area contributed by atoms with Crippen LogP contribution < -0.4 is 10.6 Å². The summed E-state index contributed by atoms with van der Waals surface area (Å²) in [7, 11) is 0. The summed E-state index contributed by atoms with van der Waals surface area (Å²) in [4.78, 5) is 14.2. The Balaban J connectivity index is 1.55. The van der Waals surface area contributed by atoms with Crippen LogP contribution in [0.2, 0.25) is 0 Å². The van der Waals surface area contributed by atoms with E-state index in [1.165, 1.54) is 18.2 Å². The Morgan fingerprint density at radius 1 is 1.38 bits per heavy atom. The van der Waals surface area contributed by atoms with Gasteiger partial charge in [0, 0.05) is 31.2 Å². The molecular formula is C17H23F2N3O2. The zero-order valence-electron chi connectivity index (χ0n) is 13.6. The van der Waals surface area contributed by atoms with E-state index in [9.17, 15) is 13.6 Å². The molecule has 2 heterocycles. The number of carbonyl (C=O) groups is 1.